The highest BCUT2D eigenvalue weighted by molar-refractivity contribution is 5.90. The molecule has 0 spiro atoms. The summed E-state index contributed by atoms with van der Waals surface area (Å²) in [4.78, 5) is 24.0. The van der Waals surface area contributed by atoms with E-state index in [1.807, 2.05) is 0 Å². The standard InChI is InChI=1S/C13H17N3O4/c1-9-7-10(4-5-12(9)16(19)20)14-13(18)15-6-2-3-11(15)8-17/h4-5,7,11,17H,2-3,6,8H2,1H3,(H,14,18)/t11-/m1/s1. The predicted octanol–water partition coefficient (Wildman–Crippen LogP) is 1.89. The molecule has 1 aromatic rings. The number of aliphatic hydroxyl groups excluding tert-OH is 1. The van der Waals surface area contributed by atoms with E-state index in [1.54, 1.807) is 17.9 Å². The van der Waals surface area contributed by atoms with Crippen LogP contribution in [0, 0.1) is 17.0 Å². The van der Waals surface area contributed by atoms with Gasteiger partial charge in [0.2, 0.25) is 0 Å². The fourth-order valence-electron chi connectivity index (χ4n) is 2.43. The largest absolute Gasteiger partial charge is 0.394 e. The van der Waals surface area contributed by atoms with Crippen LogP contribution in [0.3, 0.4) is 0 Å². The normalized spacial score (nSPS) is 18.1. The Morgan fingerprint density at radius 2 is 2.35 bits per heavy atom. The number of aryl methyl sites for hydroxylation is 1. The van der Waals surface area contributed by atoms with Crippen LogP contribution in [0.1, 0.15) is 18.4 Å². The fourth-order valence-corrected chi connectivity index (χ4v) is 2.43. The molecule has 2 N–H and O–H groups in total. The highest BCUT2D eigenvalue weighted by atomic mass is 16.6. The second-order valence-corrected chi connectivity index (χ2v) is 4.86. The molecule has 0 saturated carbocycles. The van der Waals surface area contributed by atoms with Crippen LogP contribution in [-0.2, 0) is 0 Å². The van der Waals surface area contributed by atoms with Gasteiger partial charge in [0.15, 0.2) is 0 Å². The molecule has 1 saturated heterocycles. The third-order valence-electron chi connectivity index (χ3n) is 3.49. The summed E-state index contributed by atoms with van der Waals surface area (Å²) in [5, 5.41) is 22.6. The molecule has 0 radical (unpaired) electrons. The van der Waals surface area contributed by atoms with Crippen LogP contribution >= 0.6 is 0 Å². The molecule has 1 aliphatic rings. The summed E-state index contributed by atoms with van der Waals surface area (Å²) in [5.74, 6) is 0. The molecule has 1 aliphatic heterocycles. The van der Waals surface area contributed by atoms with Gasteiger partial charge in [-0.15, -0.1) is 0 Å². The quantitative estimate of drug-likeness (QED) is 0.652. The van der Waals surface area contributed by atoms with Crippen molar-refractivity contribution in [2.45, 2.75) is 25.8 Å². The predicted molar refractivity (Wildman–Crippen MR) is 73.7 cm³/mol. The number of hydrogen-bond acceptors (Lipinski definition) is 4. The molecule has 108 valence electrons. The van der Waals surface area contributed by atoms with Gasteiger partial charge in [0, 0.05) is 23.9 Å². The van der Waals surface area contributed by atoms with Crippen molar-refractivity contribution in [1.82, 2.24) is 4.90 Å². The van der Waals surface area contributed by atoms with Gasteiger partial charge in [-0.1, -0.05) is 0 Å². The molecule has 7 nitrogen and oxygen atoms in total. The first kappa shape index (κ1) is 14.3. The summed E-state index contributed by atoms with van der Waals surface area (Å²) in [6.45, 7) is 2.19. The van der Waals surface area contributed by atoms with Crippen LogP contribution in [0.2, 0.25) is 0 Å². The number of rotatable bonds is 3. The number of nitro benzene ring substituents is 1. The van der Waals surface area contributed by atoms with Crippen molar-refractivity contribution in [3.63, 3.8) is 0 Å². The van der Waals surface area contributed by atoms with Gasteiger partial charge >= 0.3 is 6.03 Å². The SMILES string of the molecule is Cc1cc(NC(=O)N2CCC[C@@H]2CO)ccc1[N+](=O)[O-]. The third kappa shape index (κ3) is 2.88. The van der Waals surface area contributed by atoms with Gasteiger partial charge in [-0.25, -0.2) is 4.79 Å². The van der Waals surface area contributed by atoms with Crippen molar-refractivity contribution in [3.05, 3.63) is 33.9 Å². The highest BCUT2D eigenvalue weighted by Crippen LogP contribution is 2.23. The summed E-state index contributed by atoms with van der Waals surface area (Å²) >= 11 is 0. The van der Waals surface area contributed by atoms with Crippen molar-refractivity contribution in [1.29, 1.82) is 0 Å². The van der Waals surface area contributed by atoms with E-state index in [0.717, 1.165) is 12.8 Å². The zero-order valence-electron chi connectivity index (χ0n) is 11.2. The number of nitrogens with one attached hydrogen (secondary N) is 1. The van der Waals surface area contributed by atoms with Gasteiger partial charge in [0.1, 0.15) is 0 Å². The van der Waals surface area contributed by atoms with E-state index in [0.29, 0.717) is 17.8 Å². The zero-order valence-corrected chi connectivity index (χ0v) is 11.2. The lowest BCUT2D eigenvalue weighted by molar-refractivity contribution is -0.385. The van der Waals surface area contributed by atoms with E-state index >= 15 is 0 Å². The van der Waals surface area contributed by atoms with Crippen LogP contribution in [0.5, 0.6) is 0 Å². The van der Waals surface area contributed by atoms with Gasteiger partial charge in [-0.3, -0.25) is 10.1 Å². The number of nitro groups is 1. The molecule has 0 aliphatic carbocycles. The molecule has 20 heavy (non-hydrogen) atoms. The minimum atomic E-state index is -0.455. The molecule has 0 bridgehead atoms. The molecule has 1 atom stereocenters. The maximum Gasteiger partial charge on any atom is 0.322 e. The van der Waals surface area contributed by atoms with Crippen molar-refractivity contribution in [2.24, 2.45) is 0 Å². The van der Waals surface area contributed by atoms with Crippen molar-refractivity contribution < 1.29 is 14.8 Å². The Hall–Kier alpha value is -2.15. The van der Waals surface area contributed by atoms with Crippen LogP contribution in [0.4, 0.5) is 16.2 Å². The molecule has 0 aromatic heterocycles. The zero-order chi connectivity index (χ0) is 14.7. The molecule has 1 fully saturated rings. The number of aliphatic hydroxyl groups is 1. The summed E-state index contributed by atoms with van der Waals surface area (Å²) in [6.07, 6.45) is 1.67. The van der Waals surface area contributed by atoms with Crippen LogP contribution in [0.15, 0.2) is 18.2 Å². The Morgan fingerprint density at radius 3 is 2.95 bits per heavy atom. The van der Waals surface area contributed by atoms with E-state index in [9.17, 15) is 20.0 Å². The van der Waals surface area contributed by atoms with Gasteiger partial charge in [0.25, 0.3) is 5.69 Å². The molecule has 7 heteroatoms. The first-order valence-corrected chi connectivity index (χ1v) is 6.46. The number of carbonyl (C=O) groups is 1. The van der Waals surface area contributed by atoms with Gasteiger partial charge in [0.05, 0.1) is 17.6 Å². The Kier molecular flexibility index (Phi) is 4.19. The summed E-state index contributed by atoms with van der Waals surface area (Å²) in [7, 11) is 0. The molecule has 1 aromatic carbocycles. The van der Waals surface area contributed by atoms with Crippen LogP contribution in [0.25, 0.3) is 0 Å². The average Bonchev–Trinajstić information content (AvgIpc) is 2.86. The summed E-state index contributed by atoms with van der Waals surface area (Å²) in [5.41, 5.74) is 1.03. The highest BCUT2D eigenvalue weighted by Gasteiger charge is 2.28. The first-order valence-electron chi connectivity index (χ1n) is 6.46. The summed E-state index contributed by atoms with van der Waals surface area (Å²) in [6, 6.07) is 4.02. The number of likely N-dealkylation sites (tertiary alicyclic amines) is 1. The number of hydrogen-bond donors (Lipinski definition) is 2. The van der Waals surface area contributed by atoms with Crippen LogP contribution in [-0.4, -0.2) is 40.2 Å². The fraction of sp³-hybridized carbons (Fsp3) is 0.462. The lowest BCUT2D eigenvalue weighted by atomic mass is 10.2. The topological polar surface area (TPSA) is 95.7 Å². The first-order chi connectivity index (χ1) is 9.52. The molecule has 2 amide bonds. The smallest absolute Gasteiger partial charge is 0.322 e. The van der Waals surface area contributed by atoms with E-state index in [1.165, 1.54) is 12.1 Å². The number of amides is 2. The van der Waals surface area contributed by atoms with E-state index < -0.39 is 4.92 Å². The third-order valence-corrected chi connectivity index (χ3v) is 3.49. The molecule has 0 unspecified atom stereocenters. The second kappa shape index (κ2) is 5.87. The molecule has 1 heterocycles. The number of benzene rings is 1. The van der Waals surface area contributed by atoms with E-state index in [-0.39, 0.29) is 24.4 Å². The number of carbonyl (C=O) groups excluding carboxylic acids is 1. The second-order valence-electron chi connectivity index (χ2n) is 4.86. The van der Waals surface area contributed by atoms with Crippen molar-refractivity contribution >= 4 is 17.4 Å². The van der Waals surface area contributed by atoms with Crippen molar-refractivity contribution in [2.75, 3.05) is 18.5 Å². The van der Waals surface area contributed by atoms with Gasteiger partial charge < -0.3 is 15.3 Å². The Morgan fingerprint density at radius 1 is 1.60 bits per heavy atom. The molecular weight excluding hydrogens is 262 g/mol. The number of urea groups is 1. The molecular formula is C13H17N3O4. The Labute approximate surface area is 116 Å². The minimum Gasteiger partial charge on any atom is -0.394 e. The maximum atomic E-state index is 12.1. The maximum absolute atomic E-state index is 12.1. The molecule has 2 rings (SSSR count). The van der Waals surface area contributed by atoms with E-state index in [4.69, 9.17) is 0 Å². The van der Waals surface area contributed by atoms with E-state index in [2.05, 4.69) is 5.32 Å². The van der Waals surface area contributed by atoms with Crippen LogP contribution < -0.4 is 5.32 Å². The lowest BCUT2D eigenvalue weighted by Gasteiger charge is -2.23. The minimum absolute atomic E-state index is 0.0254. The number of nitrogens with zero attached hydrogens (tertiary/aromatic N) is 2. The Balaban J connectivity index is 2.08. The van der Waals surface area contributed by atoms with Crippen molar-refractivity contribution in [3.8, 4) is 0 Å². The number of anilines is 1. The Bertz CT molecular complexity index is 532. The lowest BCUT2D eigenvalue weighted by Crippen LogP contribution is -2.40. The van der Waals surface area contributed by atoms with Gasteiger partial charge in [-0.05, 0) is 31.9 Å². The average molecular weight is 279 g/mol. The van der Waals surface area contributed by atoms with Gasteiger partial charge in [-0.2, -0.15) is 0 Å². The monoisotopic (exact) mass is 279 g/mol. The summed E-state index contributed by atoms with van der Waals surface area (Å²) < 4.78 is 0.